The third-order valence-electron chi connectivity index (χ3n) is 14.6. The van der Waals surface area contributed by atoms with Gasteiger partial charge in [-0.05, 0) is 102 Å². The zero-order chi connectivity index (χ0) is 58.6. The highest BCUT2D eigenvalue weighted by atomic mass is 31.2. The topological polar surface area (TPSA) is 111 Å². The number of nitrogens with zero attached hydrogens (tertiary/aromatic N) is 1. The van der Waals surface area contributed by atoms with E-state index in [1.54, 1.807) is 0 Å². The van der Waals surface area contributed by atoms with Crippen LogP contribution in [0.25, 0.3) is 0 Å². The van der Waals surface area contributed by atoms with Crippen molar-refractivity contribution in [3.05, 3.63) is 85.1 Å². The number of phosphoric acid groups is 1. The van der Waals surface area contributed by atoms with Gasteiger partial charge in [0.15, 0.2) is 0 Å². The Labute approximate surface area is 495 Å². The molecule has 1 amide bonds. The van der Waals surface area contributed by atoms with Crippen LogP contribution in [0.3, 0.4) is 0 Å². The van der Waals surface area contributed by atoms with Gasteiger partial charge in [0.25, 0.3) is 0 Å². The predicted octanol–water partition coefficient (Wildman–Crippen LogP) is 21.0. The molecule has 0 aromatic rings. The fourth-order valence-corrected chi connectivity index (χ4v) is 10.2. The maximum absolute atomic E-state index is 13.5. The summed E-state index contributed by atoms with van der Waals surface area (Å²) in [6, 6.07) is -0.867. The molecule has 3 unspecified atom stereocenters. The molecule has 0 aromatic carbocycles. The molecule has 0 aromatic heterocycles. The van der Waals surface area contributed by atoms with Gasteiger partial charge in [-0.3, -0.25) is 18.6 Å². The summed E-state index contributed by atoms with van der Waals surface area (Å²) in [5.41, 5.74) is 0. The largest absolute Gasteiger partial charge is 0.472 e. The number of ether oxygens (including phenoxy) is 1. The van der Waals surface area contributed by atoms with Crippen molar-refractivity contribution in [1.29, 1.82) is 0 Å². The lowest BCUT2D eigenvalue weighted by atomic mass is 10.0. The lowest BCUT2D eigenvalue weighted by Gasteiger charge is -2.27. The van der Waals surface area contributed by atoms with Crippen LogP contribution in [0.4, 0.5) is 0 Å². The first kappa shape index (κ1) is 77.2. The number of carbonyl (C=O) groups excluding carboxylic acids is 2. The molecule has 0 bridgehead atoms. The minimum absolute atomic E-state index is 0.0316. The molecule has 2 N–H and O–H groups in total. The molecule has 0 fully saturated rings. The van der Waals surface area contributed by atoms with Crippen LogP contribution < -0.4 is 5.32 Å². The van der Waals surface area contributed by atoms with Crippen molar-refractivity contribution in [3.8, 4) is 0 Å². The van der Waals surface area contributed by atoms with Crippen molar-refractivity contribution >= 4 is 19.7 Å². The SMILES string of the molecule is CC/C=C/C/C=C/C/C=C/C/C=C/CCCCCC(=O)NC(COP(=O)(O)OCC[N+](C)(C)C)C(/C=C\CCCCCCCCCCC)OC(=O)CCCCCCCCCCCCCCCCCCC/C=C\C/C=C\CCCCC. The molecule has 0 aliphatic carbocycles. The van der Waals surface area contributed by atoms with Crippen molar-refractivity contribution in [3.63, 3.8) is 0 Å². The lowest BCUT2D eigenvalue weighted by molar-refractivity contribution is -0.870. The standard InChI is InChI=1S/C70H127N2O7P/c1-7-10-13-16-19-22-25-27-29-31-32-33-34-35-36-37-38-39-40-41-43-45-48-51-54-57-60-63-70(74)79-68(61-58-55-52-49-46-24-21-18-15-12-9-3)67(66-78-80(75,76)77-65-64-72(4,5)6)71-69(73)62-59-56-53-50-47-44-42-30-28-26-23-20-17-14-11-8-2/h11,14,19-20,22-23,27-30,44,47,58,61,67-68H,7-10,12-13,15-18,21,24-26,31-43,45-46,48-57,59-60,62-66H2,1-6H3,(H-,71,73,75,76)/p+1/b14-11+,22-19-,23-20+,29-27-,30-28+,47-44+,61-58-. The van der Waals surface area contributed by atoms with Crippen LogP contribution in [0.2, 0.25) is 0 Å². The van der Waals surface area contributed by atoms with Crippen molar-refractivity contribution in [2.75, 3.05) is 40.9 Å². The number of phosphoric ester groups is 1. The molecule has 464 valence electrons. The van der Waals surface area contributed by atoms with Gasteiger partial charge in [-0.1, -0.05) is 267 Å². The fraction of sp³-hybridized carbons (Fsp3) is 0.771. The average molecular weight is 1140 g/mol. The number of allylic oxidation sites excluding steroid dienone is 13. The fourth-order valence-electron chi connectivity index (χ4n) is 9.43. The van der Waals surface area contributed by atoms with Crippen molar-refractivity contribution in [2.45, 2.75) is 309 Å². The molecule has 10 heteroatoms. The highest BCUT2D eigenvalue weighted by Crippen LogP contribution is 2.43. The van der Waals surface area contributed by atoms with Crippen molar-refractivity contribution in [1.82, 2.24) is 5.32 Å². The zero-order valence-electron chi connectivity index (χ0n) is 53.1. The van der Waals surface area contributed by atoms with E-state index in [1.807, 2.05) is 33.3 Å². The lowest BCUT2D eigenvalue weighted by Crippen LogP contribution is -2.47. The van der Waals surface area contributed by atoms with Gasteiger partial charge in [-0.25, -0.2) is 4.57 Å². The molecule has 0 aliphatic rings. The van der Waals surface area contributed by atoms with E-state index >= 15 is 0 Å². The van der Waals surface area contributed by atoms with Gasteiger partial charge in [0.05, 0.1) is 33.8 Å². The second-order valence-electron chi connectivity index (χ2n) is 23.6. The van der Waals surface area contributed by atoms with Crippen LogP contribution in [0.5, 0.6) is 0 Å². The quantitative estimate of drug-likeness (QED) is 0.0205. The Kier molecular flexibility index (Phi) is 57.3. The molecule has 0 rings (SSSR count). The number of rotatable bonds is 60. The van der Waals surface area contributed by atoms with E-state index in [0.717, 1.165) is 89.9 Å². The molecule has 0 saturated heterocycles. The number of carbonyl (C=O) groups is 2. The van der Waals surface area contributed by atoms with Gasteiger partial charge < -0.3 is 19.4 Å². The highest BCUT2D eigenvalue weighted by molar-refractivity contribution is 7.47. The zero-order valence-corrected chi connectivity index (χ0v) is 54.0. The predicted molar refractivity (Wildman–Crippen MR) is 346 cm³/mol. The molecule has 0 saturated carbocycles. The second kappa shape index (κ2) is 59.4. The van der Waals surface area contributed by atoms with Crippen LogP contribution in [0.1, 0.15) is 297 Å². The summed E-state index contributed by atoms with van der Waals surface area (Å²) >= 11 is 0. The first-order valence-electron chi connectivity index (χ1n) is 33.4. The summed E-state index contributed by atoms with van der Waals surface area (Å²) in [4.78, 5) is 37.7. The number of quaternary nitrogens is 1. The number of hydrogen-bond donors (Lipinski definition) is 2. The van der Waals surface area contributed by atoms with E-state index in [-0.39, 0.29) is 31.5 Å². The monoisotopic (exact) mass is 1140 g/mol. The first-order chi connectivity index (χ1) is 38.9. The molecule has 0 spiro atoms. The maximum atomic E-state index is 13.5. The summed E-state index contributed by atoms with van der Waals surface area (Å²) < 4.78 is 30.7. The Morgan fingerprint density at radius 2 is 0.800 bits per heavy atom. The van der Waals surface area contributed by atoms with Crippen molar-refractivity contribution in [2.24, 2.45) is 0 Å². The summed E-state index contributed by atoms with van der Waals surface area (Å²) in [5.74, 6) is -0.538. The Balaban J connectivity index is 5.03. The molecule has 80 heavy (non-hydrogen) atoms. The van der Waals surface area contributed by atoms with Crippen LogP contribution in [-0.4, -0.2) is 74.3 Å². The Morgan fingerprint density at radius 3 is 1.24 bits per heavy atom. The number of likely N-dealkylation sites (N-methyl/N-ethyl adjacent to an activating group) is 1. The van der Waals surface area contributed by atoms with E-state index in [2.05, 4.69) is 99.0 Å². The van der Waals surface area contributed by atoms with E-state index < -0.39 is 20.0 Å². The maximum Gasteiger partial charge on any atom is 0.472 e. The molecule has 9 nitrogen and oxygen atoms in total. The highest BCUT2D eigenvalue weighted by Gasteiger charge is 2.30. The molecule has 0 radical (unpaired) electrons. The summed E-state index contributed by atoms with van der Waals surface area (Å²) in [7, 11) is 1.47. The Morgan fingerprint density at radius 1 is 0.450 bits per heavy atom. The van der Waals surface area contributed by atoms with E-state index in [1.165, 1.54) is 167 Å². The van der Waals surface area contributed by atoms with E-state index in [9.17, 15) is 19.0 Å². The molecule has 0 heterocycles. The molecule has 0 aliphatic heterocycles. The van der Waals surface area contributed by atoms with Gasteiger partial charge in [-0.2, -0.15) is 0 Å². The normalized spacial score (nSPS) is 14.1. The van der Waals surface area contributed by atoms with Gasteiger partial charge in [0.1, 0.15) is 19.3 Å². The minimum atomic E-state index is -4.46. The van der Waals surface area contributed by atoms with Crippen LogP contribution in [-0.2, 0) is 27.9 Å². The summed E-state index contributed by atoms with van der Waals surface area (Å²) in [6.45, 7) is 6.86. The first-order valence-corrected chi connectivity index (χ1v) is 34.9. The number of amides is 1. The number of unbranched alkanes of at least 4 members (excludes halogenated alkanes) is 32. The van der Waals surface area contributed by atoms with Gasteiger partial charge in [0.2, 0.25) is 5.91 Å². The number of nitrogens with one attached hydrogen (secondary N) is 1. The molecule has 3 atom stereocenters. The van der Waals surface area contributed by atoms with Gasteiger partial charge in [0, 0.05) is 12.8 Å². The Hall–Kier alpha value is -2.81. The molecular weight excluding hydrogens is 1010 g/mol. The van der Waals surface area contributed by atoms with Crippen LogP contribution >= 0.6 is 7.82 Å². The van der Waals surface area contributed by atoms with E-state index in [0.29, 0.717) is 23.9 Å². The summed E-state index contributed by atoms with van der Waals surface area (Å²) in [5, 5.41) is 3.04. The van der Waals surface area contributed by atoms with E-state index in [4.69, 9.17) is 13.8 Å². The van der Waals surface area contributed by atoms with Crippen LogP contribution in [0, 0.1) is 0 Å². The number of hydrogen-bond acceptors (Lipinski definition) is 6. The average Bonchev–Trinajstić information content (AvgIpc) is 3.43. The molecular formula is C70H128N2O7P+. The van der Waals surface area contributed by atoms with Crippen molar-refractivity contribution < 1.29 is 37.3 Å². The van der Waals surface area contributed by atoms with Gasteiger partial charge in [-0.15, -0.1) is 0 Å². The third kappa shape index (κ3) is 59.8. The Bertz CT molecular complexity index is 1640. The van der Waals surface area contributed by atoms with Crippen LogP contribution in [0.15, 0.2) is 85.1 Å². The van der Waals surface area contributed by atoms with Gasteiger partial charge >= 0.3 is 13.8 Å². The third-order valence-corrected chi connectivity index (χ3v) is 15.6. The number of esters is 1. The smallest absolute Gasteiger partial charge is 0.456 e. The second-order valence-corrected chi connectivity index (χ2v) is 25.1. The summed E-state index contributed by atoms with van der Waals surface area (Å²) in [6.07, 6.45) is 78.9. The minimum Gasteiger partial charge on any atom is -0.456 e.